The SMILES string of the molecule is O=C(CCCC=CCC=CCC=CCC=CCCCCCO[N+](=O)[O-])NCCO. The van der Waals surface area contributed by atoms with Gasteiger partial charge in [0.1, 0.15) is 0 Å². The number of nitrogens with one attached hydrogen (secondary N) is 1. The number of carbonyl (C=O) groups is 1. The van der Waals surface area contributed by atoms with Gasteiger partial charge in [-0.25, -0.2) is 0 Å². The number of rotatable bonds is 19. The van der Waals surface area contributed by atoms with Gasteiger partial charge >= 0.3 is 0 Å². The molecule has 0 aromatic rings. The first-order valence-corrected chi connectivity index (χ1v) is 10.4. The first kappa shape index (κ1) is 26.6. The van der Waals surface area contributed by atoms with Crippen LogP contribution in [0.1, 0.15) is 64.2 Å². The second-order valence-electron chi connectivity index (χ2n) is 6.46. The van der Waals surface area contributed by atoms with Crippen molar-refractivity contribution in [2.75, 3.05) is 19.8 Å². The summed E-state index contributed by atoms with van der Waals surface area (Å²) in [6.45, 7) is 0.501. The average Bonchev–Trinajstić information content (AvgIpc) is 2.70. The molecule has 0 radical (unpaired) electrons. The standard InChI is InChI=1S/C22H36N2O5/c25-20-19-23-22(26)18-16-14-12-10-8-6-4-2-1-3-5-7-9-11-13-15-17-21-29-24(27)28/h1,3-4,6-7,9-10,12,25H,2,5,8,11,13-21H2,(H,23,26). The summed E-state index contributed by atoms with van der Waals surface area (Å²) in [6.07, 6.45) is 25.7. The number of unbranched alkanes of at least 4 members (excludes halogenated alkanes) is 4. The van der Waals surface area contributed by atoms with Gasteiger partial charge in [-0.1, -0.05) is 55.0 Å². The quantitative estimate of drug-likeness (QED) is 0.142. The Bertz CT molecular complexity index is 527. The van der Waals surface area contributed by atoms with Crippen LogP contribution in [0, 0.1) is 10.1 Å². The van der Waals surface area contributed by atoms with Crippen molar-refractivity contribution in [3.63, 3.8) is 0 Å². The van der Waals surface area contributed by atoms with Crippen LogP contribution in [0.5, 0.6) is 0 Å². The van der Waals surface area contributed by atoms with Crippen molar-refractivity contribution in [2.24, 2.45) is 0 Å². The van der Waals surface area contributed by atoms with Crippen molar-refractivity contribution in [2.45, 2.75) is 64.2 Å². The van der Waals surface area contributed by atoms with Crippen LogP contribution in [0.15, 0.2) is 48.6 Å². The fourth-order valence-corrected chi connectivity index (χ4v) is 2.39. The molecule has 0 saturated carbocycles. The number of carbonyl (C=O) groups excluding carboxylic acids is 1. The molecule has 0 aliphatic carbocycles. The molecule has 164 valence electrons. The van der Waals surface area contributed by atoms with Gasteiger partial charge in [-0.05, 0) is 51.4 Å². The molecule has 0 spiro atoms. The Kier molecular flexibility index (Phi) is 20.1. The van der Waals surface area contributed by atoms with Crippen LogP contribution in [0.4, 0.5) is 0 Å². The molecule has 0 aromatic heterocycles. The van der Waals surface area contributed by atoms with Gasteiger partial charge < -0.3 is 15.3 Å². The highest BCUT2D eigenvalue weighted by atomic mass is 16.9. The van der Waals surface area contributed by atoms with E-state index in [4.69, 9.17) is 5.11 Å². The number of allylic oxidation sites excluding steroid dienone is 8. The minimum absolute atomic E-state index is 0.00530. The molecule has 0 heterocycles. The van der Waals surface area contributed by atoms with Crippen LogP contribution >= 0.6 is 0 Å². The van der Waals surface area contributed by atoms with Gasteiger partial charge in [0.05, 0.1) is 13.2 Å². The van der Waals surface area contributed by atoms with Crippen LogP contribution in [0.2, 0.25) is 0 Å². The molecule has 0 unspecified atom stereocenters. The van der Waals surface area contributed by atoms with E-state index in [1.807, 2.05) is 0 Å². The molecule has 1 amide bonds. The van der Waals surface area contributed by atoms with Crippen LogP contribution in [0.25, 0.3) is 0 Å². The van der Waals surface area contributed by atoms with Crippen molar-refractivity contribution in [1.29, 1.82) is 0 Å². The Labute approximate surface area is 174 Å². The molecule has 29 heavy (non-hydrogen) atoms. The van der Waals surface area contributed by atoms with Crippen molar-refractivity contribution < 1.29 is 19.8 Å². The third-order valence-electron chi connectivity index (χ3n) is 3.90. The molecule has 0 rings (SSSR count). The fourth-order valence-electron chi connectivity index (χ4n) is 2.39. The molecule has 2 N–H and O–H groups in total. The van der Waals surface area contributed by atoms with Crippen LogP contribution in [-0.2, 0) is 9.63 Å². The summed E-state index contributed by atoms with van der Waals surface area (Å²) in [5.41, 5.74) is 0. The Morgan fingerprint density at radius 3 is 1.97 bits per heavy atom. The van der Waals surface area contributed by atoms with Crippen LogP contribution < -0.4 is 5.32 Å². The smallest absolute Gasteiger partial charge is 0.294 e. The Hall–Kier alpha value is -2.41. The van der Waals surface area contributed by atoms with Gasteiger partial charge in [0.15, 0.2) is 0 Å². The number of amides is 1. The summed E-state index contributed by atoms with van der Waals surface area (Å²) >= 11 is 0. The van der Waals surface area contributed by atoms with Crippen LogP contribution in [0.3, 0.4) is 0 Å². The van der Waals surface area contributed by atoms with Gasteiger partial charge in [0.2, 0.25) is 5.91 Å². The highest BCUT2D eigenvalue weighted by Crippen LogP contribution is 2.02. The highest BCUT2D eigenvalue weighted by Gasteiger charge is 1.97. The largest absolute Gasteiger partial charge is 0.395 e. The van der Waals surface area contributed by atoms with Gasteiger partial charge in [-0.3, -0.25) is 4.79 Å². The van der Waals surface area contributed by atoms with Gasteiger partial charge in [0.25, 0.3) is 5.09 Å². The molecule has 0 bridgehead atoms. The molecular weight excluding hydrogens is 372 g/mol. The Balaban J connectivity index is 3.44. The zero-order valence-electron chi connectivity index (χ0n) is 17.3. The lowest BCUT2D eigenvalue weighted by molar-refractivity contribution is -0.757. The Morgan fingerprint density at radius 2 is 1.41 bits per heavy atom. The molecule has 0 atom stereocenters. The summed E-state index contributed by atoms with van der Waals surface area (Å²) in [7, 11) is 0. The maximum Gasteiger partial charge on any atom is 0.294 e. The molecule has 0 aliphatic rings. The molecule has 7 heteroatoms. The van der Waals surface area contributed by atoms with E-state index >= 15 is 0 Å². The third kappa shape index (κ3) is 23.6. The lowest BCUT2D eigenvalue weighted by Crippen LogP contribution is -2.25. The van der Waals surface area contributed by atoms with E-state index in [0.29, 0.717) is 13.0 Å². The van der Waals surface area contributed by atoms with Crippen molar-refractivity contribution in [1.82, 2.24) is 5.32 Å². The summed E-state index contributed by atoms with van der Waals surface area (Å²) in [6, 6.07) is 0. The maximum atomic E-state index is 11.3. The van der Waals surface area contributed by atoms with Gasteiger partial charge in [-0.15, -0.1) is 10.1 Å². The van der Waals surface area contributed by atoms with Gasteiger partial charge in [-0.2, -0.15) is 0 Å². The van der Waals surface area contributed by atoms with Crippen molar-refractivity contribution in [3.8, 4) is 0 Å². The predicted octanol–water partition coefficient (Wildman–Crippen LogP) is 4.43. The van der Waals surface area contributed by atoms with E-state index in [9.17, 15) is 14.9 Å². The Morgan fingerprint density at radius 1 is 0.862 bits per heavy atom. The first-order valence-electron chi connectivity index (χ1n) is 10.4. The predicted molar refractivity (Wildman–Crippen MR) is 116 cm³/mol. The monoisotopic (exact) mass is 408 g/mol. The van der Waals surface area contributed by atoms with E-state index in [-0.39, 0.29) is 19.1 Å². The zero-order chi connectivity index (χ0) is 21.4. The molecular formula is C22H36N2O5. The van der Waals surface area contributed by atoms with E-state index in [2.05, 4.69) is 58.8 Å². The van der Waals surface area contributed by atoms with E-state index in [0.717, 1.165) is 57.8 Å². The van der Waals surface area contributed by atoms with Crippen molar-refractivity contribution >= 4 is 5.91 Å². The highest BCUT2D eigenvalue weighted by molar-refractivity contribution is 5.75. The molecule has 0 saturated heterocycles. The van der Waals surface area contributed by atoms with Gasteiger partial charge in [0, 0.05) is 13.0 Å². The van der Waals surface area contributed by atoms with E-state index in [1.54, 1.807) is 0 Å². The summed E-state index contributed by atoms with van der Waals surface area (Å²) in [5.74, 6) is -0.00530. The van der Waals surface area contributed by atoms with Crippen LogP contribution in [-0.4, -0.2) is 35.9 Å². The number of hydrogen-bond acceptors (Lipinski definition) is 5. The topological polar surface area (TPSA) is 102 Å². The van der Waals surface area contributed by atoms with Crippen molar-refractivity contribution in [3.05, 3.63) is 58.7 Å². The maximum absolute atomic E-state index is 11.3. The lowest BCUT2D eigenvalue weighted by atomic mass is 10.2. The third-order valence-corrected chi connectivity index (χ3v) is 3.90. The number of hydrogen-bond donors (Lipinski definition) is 2. The summed E-state index contributed by atoms with van der Waals surface area (Å²) in [5, 5.41) is 20.5. The fraction of sp³-hybridized carbons (Fsp3) is 0.591. The zero-order valence-corrected chi connectivity index (χ0v) is 17.3. The van der Waals surface area contributed by atoms with E-state index < -0.39 is 5.09 Å². The second kappa shape index (κ2) is 21.9. The lowest BCUT2D eigenvalue weighted by Gasteiger charge is -2.00. The number of nitrogens with zero attached hydrogens (tertiary/aromatic N) is 1. The second-order valence-corrected chi connectivity index (χ2v) is 6.46. The normalized spacial score (nSPS) is 11.9. The minimum Gasteiger partial charge on any atom is -0.395 e. The average molecular weight is 409 g/mol. The molecule has 0 aliphatic heterocycles. The molecule has 0 aromatic carbocycles. The summed E-state index contributed by atoms with van der Waals surface area (Å²) in [4.78, 5) is 25.5. The van der Waals surface area contributed by atoms with E-state index in [1.165, 1.54) is 0 Å². The molecule has 7 nitrogen and oxygen atoms in total. The summed E-state index contributed by atoms with van der Waals surface area (Å²) < 4.78 is 0. The molecule has 0 fully saturated rings. The number of aliphatic hydroxyl groups excluding tert-OH is 1. The number of aliphatic hydroxyl groups is 1. The first-order chi connectivity index (χ1) is 14.2. The minimum atomic E-state index is -0.744.